The van der Waals surface area contributed by atoms with Crippen LogP contribution in [0.5, 0.6) is 0 Å². The number of nitrogens with one attached hydrogen (secondary N) is 1. The van der Waals surface area contributed by atoms with E-state index in [9.17, 15) is 14.0 Å². The Morgan fingerprint density at radius 2 is 2.08 bits per heavy atom. The molecule has 5 nitrogen and oxygen atoms in total. The lowest BCUT2D eigenvalue weighted by molar-refractivity contribution is -0.128. The van der Waals surface area contributed by atoms with Crippen molar-refractivity contribution in [2.45, 2.75) is 37.8 Å². The van der Waals surface area contributed by atoms with Crippen molar-refractivity contribution in [3.8, 4) is 0 Å². The highest BCUT2D eigenvalue weighted by atomic mass is 32.1. The van der Waals surface area contributed by atoms with Crippen molar-refractivity contribution < 1.29 is 14.0 Å². The summed E-state index contributed by atoms with van der Waals surface area (Å²) in [5.74, 6) is -0.466. The zero-order valence-electron chi connectivity index (χ0n) is 14.4. The first kappa shape index (κ1) is 17.1. The smallest absolute Gasteiger partial charge is 0.226 e. The number of halogens is 1. The first-order valence-corrected chi connectivity index (χ1v) is 9.64. The van der Waals surface area contributed by atoms with E-state index < -0.39 is 5.92 Å². The molecule has 2 unspecified atom stereocenters. The summed E-state index contributed by atoms with van der Waals surface area (Å²) in [6.07, 6.45) is 2.57. The fraction of sp³-hybridized carbons (Fsp3) is 0.421. The molecule has 2 aliphatic rings. The number of thiazole rings is 1. The summed E-state index contributed by atoms with van der Waals surface area (Å²) in [6, 6.07) is 5.61. The molecule has 1 saturated heterocycles. The van der Waals surface area contributed by atoms with Gasteiger partial charge in [-0.05, 0) is 30.5 Å². The van der Waals surface area contributed by atoms with E-state index >= 15 is 0 Å². The van der Waals surface area contributed by atoms with Gasteiger partial charge in [0, 0.05) is 24.8 Å². The zero-order valence-corrected chi connectivity index (χ0v) is 15.3. The van der Waals surface area contributed by atoms with E-state index in [-0.39, 0.29) is 30.1 Å². The molecule has 1 N–H and O–H groups in total. The van der Waals surface area contributed by atoms with Crippen LogP contribution in [-0.2, 0) is 16.1 Å². The Labute approximate surface area is 155 Å². The number of benzene rings is 1. The van der Waals surface area contributed by atoms with Crippen molar-refractivity contribution in [3.05, 3.63) is 51.7 Å². The third kappa shape index (κ3) is 3.35. The highest BCUT2D eigenvalue weighted by Crippen LogP contribution is 2.41. The van der Waals surface area contributed by atoms with Gasteiger partial charge in [0.25, 0.3) is 0 Å². The molecule has 2 aromatic rings. The topological polar surface area (TPSA) is 62.3 Å². The third-order valence-corrected chi connectivity index (χ3v) is 6.13. The van der Waals surface area contributed by atoms with Gasteiger partial charge in [-0.3, -0.25) is 9.59 Å². The van der Waals surface area contributed by atoms with E-state index in [4.69, 9.17) is 0 Å². The molecule has 2 amide bonds. The summed E-state index contributed by atoms with van der Waals surface area (Å²) in [6.45, 7) is 0.368. The van der Waals surface area contributed by atoms with Crippen molar-refractivity contribution in [1.82, 2.24) is 15.2 Å². The maximum atomic E-state index is 13.2. The van der Waals surface area contributed by atoms with Gasteiger partial charge in [0.05, 0.1) is 29.2 Å². The molecule has 0 bridgehead atoms. The number of aromatic nitrogens is 1. The Morgan fingerprint density at radius 1 is 1.35 bits per heavy atom. The predicted octanol–water partition coefficient (Wildman–Crippen LogP) is 3.00. The molecule has 1 aliphatic carbocycles. The molecule has 0 spiro atoms. The molecule has 1 aromatic heterocycles. The molecule has 1 saturated carbocycles. The second-order valence-corrected chi connectivity index (χ2v) is 7.87. The Bertz CT molecular complexity index is 832. The van der Waals surface area contributed by atoms with Gasteiger partial charge in [-0.15, -0.1) is 11.3 Å². The van der Waals surface area contributed by atoms with Crippen LogP contribution in [0.15, 0.2) is 29.6 Å². The van der Waals surface area contributed by atoms with E-state index in [1.807, 2.05) is 5.38 Å². The normalized spacial score (nSPS) is 22.7. The minimum absolute atomic E-state index is 0.0795. The van der Waals surface area contributed by atoms with Crippen LogP contribution in [0, 0.1) is 11.7 Å². The molecule has 26 heavy (non-hydrogen) atoms. The number of likely N-dealkylation sites (tertiary alicyclic amines) is 1. The Balaban J connectivity index is 1.45. The lowest BCUT2D eigenvalue weighted by Crippen LogP contribution is -2.34. The summed E-state index contributed by atoms with van der Waals surface area (Å²) < 4.78 is 13.2. The van der Waals surface area contributed by atoms with Gasteiger partial charge in [0.15, 0.2) is 0 Å². The quantitative estimate of drug-likeness (QED) is 0.876. The van der Waals surface area contributed by atoms with Crippen LogP contribution in [0.3, 0.4) is 0 Å². The largest absolute Gasteiger partial charge is 0.350 e. The first-order chi connectivity index (χ1) is 12.5. The summed E-state index contributed by atoms with van der Waals surface area (Å²) in [5.41, 5.74) is 1.63. The SMILES string of the molecule is CN1C(=O)CC(C(=O)NCc2csc(C3CC3)n2)C1c1ccc(F)cc1. The summed E-state index contributed by atoms with van der Waals surface area (Å²) >= 11 is 1.64. The standard InChI is InChI=1S/C19H20FN3O2S/c1-23-16(24)8-15(17(23)11-4-6-13(20)7-5-11)18(25)21-9-14-10-26-19(22-14)12-2-3-12/h4-7,10,12,15,17H,2-3,8-9H2,1H3,(H,21,25). The highest BCUT2D eigenvalue weighted by Gasteiger charge is 2.42. The second-order valence-electron chi connectivity index (χ2n) is 6.98. The van der Waals surface area contributed by atoms with Gasteiger partial charge >= 0.3 is 0 Å². The number of amides is 2. The predicted molar refractivity (Wildman–Crippen MR) is 96.0 cm³/mol. The lowest BCUT2D eigenvalue weighted by atomic mass is 9.93. The fourth-order valence-corrected chi connectivity index (χ4v) is 4.44. The third-order valence-electron chi connectivity index (χ3n) is 5.07. The van der Waals surface area contributed by atoms with Crippen molar-refractivity contribution in [2.24, 2.45) is 5.92 Å². The second kappa shape index (κ2) is 6.79. The molecular formula is C19H20FN3O2S. The molecule has 1 aromatic carbocycles. The number of hydrogen-bond acceptors (Lipinski definition) is 4. The number of nitrogens with zero attached hydrogens (tertiary/aromatic N) is 2. The van der Waals surface area contributed by atoms with Crippen LogP contribution in [0.25, 0.3) is 0 Å². The molecule has 2 heterocycles. The Hall–Kier alpha value is -2.28. The summed E-state index contributed by atoms with van der Waals surface area (Å²) in [4.78, 5) is 31.0. The molecular weight excluding hydrogens is 353 g/mol. The molecule has 4 rings (SSSR count). The lowest BCUT2D eigenvalue weighted by Gasteiger charge is -2.24. The Morgan fingerprint density at radius 3 is 2.77 bits per heavy atom. The maximum Gasteiger partial charge on any atom is 0.226 e. The monoisotopic (exact) mass is 373 g/mol. The van der Waals surface area contributed by atoms with Gasteiger partial charge < -0.3 is 10.2 Å². The van der Waals surface area contributed by atoms with Gasteiger partial charge in [0.2, 0.25) is 11.8 Å². The van der Waals surface area contributed by atoms with Crippen LogP contribution in [0.4, 0.5) is 4.39 Å². The number of rotatable bonds is 5. The molecule has 0 radical (unpaired) electrons. The molecule has 2 fully saturated rings. The van der Waals surface area contributed by atoms with E-state index in [2.05, 4.69) is 10.3 Å². The minimum atomic E-state index is -0.487. The van der Waals surface area contributed by atoms with Crippen molar-refractivity contribution in [1.29, 1.82) is 0 Å². The molecule has 7 heteroatoms. The van der Waals surface area contributed by atoms with Gasteiger partial charge in [-0.2, -0.15) is 0 Å². The van der Waals surface area contributed by atoms with Crippen LogP contribution < -0.4 is 5.32 Å². The van der Waals surface area contributed by atoms with Crippen molar-refractivity contribution in [3.63, 3.8) is 0 Å². The van der Waals surface area contributed by atoms with E-state index in [1.54, 1.807) is 35.4 Å². The van der Waals surface area contributed by atoms with Crippen LogP contribution in [-0.4, -0.2) is 28.7 Å². The first-order valence-electron chi connectivity index (χ1n) is 8.76. The van der Waals surface area contributed by atoms with Crippen LogP contribution in [0.1, 0.15) is 47.5 Å². The molecule has 1 aliphatic heterocycles. The van der Waals surface area contributed by atoms with E-state index in [0.29, 0.717) is 12.5 Å². The van der Waals surface area contributed by atoms with Crippen molar-refractivity contribution in [2.75, 3.05) is 7.05 Å². The number of hydrogen-bond donors (Lipinski definition) is 1. The average molecular weight is 373 g/mol. The number of carbonyl (C=O) groups excluding carboxylic acids is 2. The maximum absolute atomic E-state index is 13.2. The molecule has 136 valence electrons. The molecule has 2 atom stereocenters. The van der Waals surface area contributed by atoms with Crippen LogP contribution in [0.2, 0.25) is 0 Å². The fourth-order valence-electron chi connectivity index (χ4n) is 3.45. The average Bonchev–Trinajstić information content (AvgIpc) is 3.30. The summed E-state index contributed by atoms with van der Waals surface area (Å²) in [7, 11) is 1.69. The Kier molecular flexibility index (Phi) is 4.48. The van der Waals surface area contributed by atoms with Gasteiger partial charge in [0.1, 0.15) is 5.82 Å². The zero-order chi connectivity index (χ0) is 18.3. The van der Waals surface area contributed by atoms with E-state index in [1.165, 1.54) is 25.0 Å². The van der Waals surface area contributed by atoms with E-state index in [0.717, 1.165) is 16.3 Å². The van der Waals surface area contributed by atoms with Crippen LogP contribution >= 0.6 is 11.3 Å². The minimum Gasteiger partial charge on any atom is -0.350 e. The van der Waals surface area contributed by atoms with Gasteiger partial charge in [-0.25, -0.2) is 9.37 Å². The van der Waals surface area contributed by atoms with Crippen molar-refractivity contribution >= 4 is 23.2 Å². The summed E-state index contributed by atoms with van der Waals surface area (Å²) in [5, 5.41) is 6.05. The highest BCUT2D eigenvalue weighted by molar-refractivity contribution is 7.09. The van der Waals surface area contributed by atoms with Gasteiger partial charge in [-0.1, -0.05) is 12.1 Å². The number of carbonyl (C=O) groups is 2.